The van der Waals surface area contributed by atoms with Crippen molar-refractivity contribution in [3.63, 3.8) is 0 Å². The molecule has 10 heteroatoms. The molecule has 0 unspecified atom stereocenters. The van der Waals surface area contributed by atoms with Gasteiger partial charge in [-0.1, -0.05) is 29.7 Å². The van der Waals surface area contributed by atoms with Crippen LogP contribution < -0.4 is 26.0 Å². The highest BCUT2D eigenvalue weighted by atomic mass is 35.5. The Hall–Kier alpha value is -4.29. The van der Waals surface area contributed by atoms with Gasteiger partial charge in [0.2, 0.25) is 11.9 Å². The predicted octanol–water partition coefficient (Wildman–Crippen LogP) is 3.95. The fourth-order valence-corrected chi connectivity index (χ4v) is 3.01. The van der Waals surface area contributed by atoms with Crippen LogP contribution in [0.3, 0.4) is 0 Å². The van der Waals surface area contributed by atoms with Crippen LogP contribution in [-0.4, -0.2) is 35.9 Å². The van der Waals surface area contributed by atoms with Crippen LogP contribution in [0, 0.1) is 12.3 Å². The minimum absolute atomic E-state index is 0.0400. The topological polar surface area (TPSA) is 117 Å². The Kier molecular flexibility index (Phi) is 7.68. The van der Waals surface area contributed by atoms with Crippen molar-refractivity contribution in [3.8, 4) is 18.1 Å². The average molecular weight is 465 g/mol. The Morgan fingerprint density at radius 1 is 1.15 bits per heavy atom. The summed E-state index contributed by atoms with van der Waals surface area (Å²) in [5.41, 5.74) is 1.99. The predicted molar refractivity (Wildman–Crippen MR) is 129 cm³/mol. The Morgan fingerprint density at radius 3 is 2.67 bits per heavy atom. The third kappa shape index (κ3) is 5.90. The second kappa shape index (κ2) is 10.8. The van der Waals surface area contributed by atoms with E-state index in [0.29, 0.717) is 34.2 Å². The van der Waals surface area contributed by atoms with Crippen molar-refractivity contribution in [2.45, 2.75) is 6.42 Å². The van der Waals surface area contributed by atoms with E-state index in [9.17, 15) is 9.59 Å². The highest BCUT2D eigenvalue weighted by molar-refractivity contribution is 6.33. The van der Waals surface area contributed by atoms with Gasteiger partial charge < -0.3 is 26.0 Å². The SMILES string of the molecule is C#CCC(=O)Nc1ccc(OC)c(Nc2ncc(Cl)c(Nc3ccccc3C(=O)NC)n2)c1. The molecule has 0 radical (unpaired) electrons. The van der Waals surface area contributed by atoms with E-state index in [0.717, 1.165) is 0 Å². The molecule has 4 N–H and O–H groups in total. The summed E-state index contributed by atoms with van der Waals surface area (Å²) in [6.45, 7) is 0. The molecule has 2 amide bonds. The maximum Gasteiger partial charge on any atom is 0.253 e. The first kappa shape index (κ1) is 23.4. The number of para-hydroxylation sites is 1. The summed E-state index contributed by atoms with van der Waals surface area (Å²) in [6.07, 6.45) is 6.56. The van der Waals surface area contributed by atoms with Crippen LogP contribution >= 0.6 is 11.6 Å². The molecular weight excluding hydrogens is 444 g/mol. The van der Waals surface area contributed by atoms with E-state index in [2.05, 4.69) is 37.2 Å². The summed E-state index contributed by atoms with van der Waals surface area (Å²) >= 11 is 6.28. The van der Waals surface area contributed by atoms with Crippen molar-refractivity contribution in [1.82, 2.24) is 15.3 Å². The second-order valence-corrected chi connectivity index (χ2v) is 7.02. The lowest BCUT2D eigenvalue weighted by Gasteiger charge is -2.15. The molecular formula is C23H21ClN6O3. The van der Waals surface area contributed by atoms with E-state index in [-0.39, 0.29) is 29.2 Å². The van der Waals surface area contributed by atoms with Crippen LogP contribution in [0.15, 0.2) is 48.7 Å². The molecule has 168 valence electrons. The lowest BCUT2D eigenvalue weighted by Crippen LogP contribution is -2.19. The smallest absolute Gasteiger partial charge is 0.253 e. The van der Waals surface area contributed by atoms with Crippen molar-refractivity contribution in [3.05, 3.63) is 59.2 Å². The molecule has 0 atom stereocenters. The van der Waals surface area contributed by atoms with Crippen LogP contribution in [0.25, 0.3) is 0 Å². The zero-order valence-corrected chi connectivity index (χ0v) is 18.7. The Morgan fingerprint density at radius 2 is 1.94 bits per heavy atom. The molecule has 3 aromatic rings. The normalized spacial score (nSPS) is 10.0. The Balaban J connectivity index is 1.88. The molecule has 0 saturated carbocycles. The minimum Gasteiger partial charge on any atom is -0.495 e. The number of nitrogens with one attached hydrogen (secondary N) is 4. The van der Waals surface area contributed by atoms with Crippen molar-refractivity contribution in [1.29, 1.82) is 0 Å². The molecule has 0 spiro atoms. The maximum atomic E-state index is 12.2. The first-order chi connectivity index (χ1) is 15.9. The zero-order valence-electron chi connectivity index (χ0n) is 17.9. The molecule has 0 aliphatic carbocycles. The van der Waals surface area contributed by atoms with Gasteiger partial charge in [0, 0.05) is 12.7 Å². The van der Waals surface area contributed by atoms with Gasteiger partial charge in [-0.05, 0) is 30.3 Å². The maximum absolute atomic E-state index is 12.2. The highest BCUT2D eigenvalue weighted by Crippen LogP contribution is 2.31. The molecule has 0 bridgehead atoms. The first-order valence-electron chi connectivity index (χ1n) is 9.74. The zero-order chi connectivity index (χ0) is 23.8. The van der Waals surface area contributed by atoms with Gasteiger partial charge in [-0.15, -0.1) is 6.42 Å². The van der Waals surface area contributed by atoms with E-state index in [4.69, 9.17) is 22.8 Å². The van der Waals surface area contributed by atoms with Crippen LogP contribution in [0.5, 0.6) is 5.75 Å². The van der Waals surface area contributed by atoms with Gasteiger partial charge in [-0.3, -0.25) is 9.59 Å². The standard InChI is InChI=1S/C23H21ClN6O3/c1-4-7-20(31)27-14-10-11-19(33-3)18(12-14)29-23-26-13-16(24)21(30-23)28-17-9-6-5-8-15(17)22(32)25-2/h1,5-6,8-13H,7H2,2-3H3,(H,25,32)(H,27,31)(H2,26,28,29,30). The average Bonchev–Trinajstić information content (AvgIpc) is 2.81. The van der Waals surface area contributed by atoms with Crippen LogP contribution in [0.2, 0.25) is 5.02 Å². The summed E-state index contributed by atoms with van der Waals surface area (Å²) < 4.78 is 5.38. The number of terminal acetylenes is 1. The second-order valence-electron chi connectivity index (χ2n) is 6.61. The van der Waals surface area contributed by atoms with Gasteiger partial charge in [-0.25, -0.2) is 4.98 Å². The number of carbonyl (C=O) groups excluding carboxylic acids is 2. The van der Waals surface area contributed by atoms with Crippen molar-refractivity contribution in [2.24, 2.45) is 0 Å². The number of hydrogen-bond donors (Lipinski definition) is 4. The largest absolute Gasteiger partial charge is 0.495 e. The van der Waals surface area contributed by atoms with E-state index in [1.807, 2.05) is 0 Å². The summed E-state index contributed by atoms with van der Waals surface area (Å²) in [4.78, 5) is 32.6. The minimum atomic E-state index is -0.308. The molecule has 33 heavy (non-hydrogen) atoms. The number of carbonyl (C=O) groups is 2. The first-order valence-corrected chi connectivity index (χ1v) is 10.1. The number of nitrogens with zero attached hydrogens (tertiary/aromatic N) is 2. The Labute approximate surface area is 195 Å². The molecule has 0 fully saturated rings. The van der Waals surface area contributed by atoms with Crippen LogP contribution in [-0.2, 0) is 4.79 Å². The van der Waals surface area contributed by atoms with Gasteiger partial charge in [0.25, 0.3) is 5.91 Å². The highest BCUT2D eigenvalue weighted by Gasteiger charge is 2.14. The molecule has 3 rings (SSSR count). The molecule has 0 aliphatic heterocycles. The van der Waals surface area contributed by atoms with E-state index in [1.165, 1.54) is 13.3 Å². The van der Waals surface area contributed by atoms with Crippen LogP contribution in [0.1, 0.15) is 16.8 Å². The van der Waals surface area contributed by atoms with Crippen molar-refractivity contribution >= 4 is 52.2 Å². The fraction of sp³-hybridized carbons (Fsp3) is 0.130. The third-order valence-electron chi connectivity index (χ3n) is 4.39. The van der Waals surface area contributed by atoms with E-state index < -0.39 is 0 Å². The van der Waals surface area contributed by atoms with Crippen molar-refractivity contribution < 1.29 is 14.3 Å². The molecule has 2 aromatic carbocycles. The molecule has 1 heterocycles. The summed E-state index contributed by atoms with van der Waals surface area (Å²) in [5.74, 6) is 2.74. The molecule has 0 aliphatic rings. The number of benzene rings is 2. The number of aromatic nitrogens is 2. The summed E-state index contributed by atoms with van der Waals surface area (Å²) in [6, 6.07) is 12.0. The number of hydrogen-bond acceptors (Lipinski definition) is 7. The van der Waals surface area contributed by atoms with Gasteiger partial charge in [0.15, 0.2) is 5.82 Å². The number of halogens is 1. The van der Waals surface area contributed by atoms with Gasteiger partial charge in [0.1, 0.15) is 10.8 Å². The van der Waals surface area contributed by atoms with Crippen molar-refractivity contribution in [2.75, 3.05) is 30.1 Å². The number of anilines is 5. The summed E-state index contributed by atoms with van der Waals surface area (Å²) in [5, 5.41) is 11.7. The number of methoxy groups -OCH3 is 1. The monoisotopic (exact) mass is 464 g/mol. The number of ether oxygens (including phenoxy) is 1. The van der Waals surface area contributed by atoms with E-state index >= 15 is 0 Å². The van der Waals surface area contributed by atoms with E-state index in [1.54, 1.807) is 49.5 Å². The third-order valence-corrected chi connectivity index (χ3v) is 4.66. The number of amides is 2. The summed E-state index contributed by atoms with van der Waals surface area (Å²) in [7, 11) is 3.07. The number of rotatable bonds is 8. The lowest BCUT2D eigenvalue weighted by molar-refractivity contribution is -0.115. The van der Waals surface area contributed by atoms with Gasteiger partial charge >= 0.3 is 0 Å². The molecule has 1 aromatic heterocycles. The quantitative estimate of drug-likeness (QED) is 0.373. The fourth-order valence-electron chi connectivity index (χ4n) is 2.87. The Bertz CT molecular complexity index is 1230. The molecule has 9 nitrogen and oxygen atoms in total. The molecule has 0 saturated heterocycles. The van der Waals surface area contributed by atoms with Gasteiger partial charge in [0.05, 0.1) is 36.7 Å². The van der Waals surface area contributed by atoms with Crippen LogP contribution in [0.4, 0.5) is 28.8 Å². The van der Waals surface area contributed by atoms with Gasteiger partial charge in [-0.2, -0.15) is 4.98 Å². The lowest BCUT2D eigenvalue weighted by atomic mass is 10.1.